The molecule has 1 aliphatic heterocycles. The van der Waals surface area contributed by atoms with Crippen molar-refractivity contribution in [2.75, 3.05) is 13.1 Å². The van der Waals surface area contributed by atoms with Crippen molar-refractivity contribution in [3.05, 3.63) is 29.7 Å². The van der Waals surface area contributed by atoms with E-state index in [0.29, 0.717) is 18.5 Å². The zero-order chi connectivity index (χ0) is 15.5. The highest BCUT2D eigenvalue weighted by molar-refractivity contribution is 7.13. The summed E-state index contributed by atoms with van der Waals surface area (Å²) in [7, 11) is 0. The molecule has 0 bridgehead atoms. The average Bonchev–Trinajstić information content (AvgIpc) is 2.95. The van der Waals surface area contributed by atoms with Crippen molar-refractivity contribution in [2.45, 2.75) is 32.4 Å². The van der Waals surface area contributed by atoms with Gasteiger partial charge in [0.15, 0.2) is 0 Å². The molecule has 1 fully saturated rings. The lowest BCUT2D eigenvalue weighted by atomic mass is 10.1. The largest absolute Gasteiger partial charge is 0.339 e. The molecule has 0 unspecified atom stereocenters. The maximum atomic E-state index is 12.4. The number of hydrogen-bond donors (Lipinski definition) is 1. The van der Waals surface area contributed by atoms with Crippen LogP contribution in [-0.2, 0) is 11.2 Å². The second-order valence-electron chi connectivity index (χ2n) is 5.68. The van der Waals surface area contributed by atoms with Crippen LogP contribution < -0.4 is 5.32 Å². The van der Waals surface area contributed by atoms with E-state index in [-0.39, 0.29) is 5.91 Å². The summed E-state index contributed by atoms with van der Waals surface area (Å²) >= 11 is 1.50. The molecule has 7 heteroatoms. The monoisotopic (exact) mass is 317 g/mol. The van der Waals surface area contributed by atoms with Crippen LogP contribution in [0.25, 0.3) is 10.7 Å². The number of amides is 1. The molecule has 0 spiro atoms. The van der Waals surface area contributed by atoms with E-state index >= 15 is 0 Å². The number of rotatable bonds is 3. The van der Waals surface area contributed by atoms with Crippen LogP contribution >= 0.6 is 11.3 Å². The fourth-order valence-corrected chi connectivity index (χ4v) is 3.49. The number of carbonyl (C=O) groups is 1. The van der Waals surface area contributed by atoms with Crippen molar-refractivity contribution < 1.29 is 4.79 Å². The lowest BCUT2D eigenvalue weighted by Crippen LogP contribution is -2.56. The van der Waals surface area contributed by atoms with Crippen molar-refractivity contribution in [2.24, 2.45) is 0 Å². The Labute approximate surface area is 133 Å². The third kappa shape index (κ3) is 3.48. The van der Waals surface area contributed by atoms with E-state index in [4.69, 9.17) is 0 Å². The molecule has 2 atom stereocenters. The zero-order valence-electron chi connectivity index (χ0n) is 12.7. The molecule has 116 valence electrons. The Morgan fingerprint density at radius 3 is 2.82 bits per heavy atom. The highest BCUT2D eigenvalue weighted by atomic mass is 32.1. The standard InChI is InChI=1S/C15H19N5OS/c1-10-7-20(8-11(2)18-10)14(21)5-12-9-22-15(19-12)13-6-16-3-4-17-13/h3-4,6,9-11,18H,5,7-8H2,1-2H3/t10-,11-/m0/s1. The lowest BCUT2D eigenvalue weighted by molar-refractivity contribution is -0.132. The van der Waals surface area contributed by atoms with Crippen molar-refractivity contribution in [3.8, 4) is 10.7 Å². The Balaban J connectivity index is 1.66. The van der Waals surface area contributed by atoms with Gasteiger partial charge in [-0.05, 0) is 13.8 Å². The normalized spacial score (nSPS) is 21.8. The van der Waals surface area contributed by atoms with Gasteiger partial charge >= 0.3 is 0 Å². The van der Waals surface area contributed by atoms with Gasteiger partial charge in [0.05, 0.1) is 18.3 Å². The molecule has 3 rings (SSSR count). The minimum atomic E-state index is 0.135. The molecule has 0 aromatic carbocycles. The Bertz CT molecular complexity index is 634. The number of aromatic nitrogens is 3. The van der Waals surface area contributed by atoms with Crippen molar-refractivity contribution in [1.29, 1.82) is 0 Å². The van der Waals surface area contributed by atoms with Gasteiger partial charge < -0.3 is 10.2 Å². The number of piperazine rings is 1. The Morgan fingerprint density at radius 2 is 2.14 bits per heavy atom. The van der Waals surface area contributed by atoms with Crippen molar-refractivity contribution >= 4 is 17.2 Å². The van der Waals surface area contributed by atoms with E-state index in [1.165, 1.54) is 11.3 Å². The molecule has 2 aromatic rings. The van der Waals surface area contributed by atoms with Gasteiger partial charge in [-0.3, -0.25) is 14.8 Å². The van der Waals surface area contributed by atoms with Gasteiger partial charge in [-0.2, -0.15) is 0 Å². The Hall–Kier alpha value is -1.86. The number of nitrogens with zero attached hydrogens (tertiary/aromatic N) is 4. The second kappa shape index (κ2) is 6.50. The molecule has 6 nitrogen and oxygen atoms in total. The van der Waals surface area contributed by atoms with Crippen LogP contribution in [0, 0.1) is 0 Å². The quantitative estimate of drug-likeness (QED) is 0.925. The first kappa shape index (κ1) is 15.1. The molecule has 0 radical (unpaired) electrons. The number of thiazole rings is 1. The fourth-order valence-electron chi connectivity index (χ4n) is 2.71. The molecular weight excluding hydrogens is 298 g/mol. The molecule has 0 aliphatic carbocycles. The first-order valence-corrected chi connectivity index (χ1v) is 8.24. The van der Waals surface area contributed by atoms with Gasteiger partial charge in [0.1, 0.15) is 10.7 Å². The Morgan fingerprint density at radius 1 is 1.36 bits per heavy atom. The summed E-state index contributed by atoms with van der Waals surface area (Å²) < 4.78 is 0. The molecule has 22 heavy (non-hydrogen) atoms. The number of hydrogen-bond acceptors (Lipinski definition) is 6. The number of nitrogens with one attached hydrogen (secondary N) is 1. The topological polar surface area (TPSA) is 71.0 Å². The lowest BCUT2D eigenvalue weighted by Gasteiger charge is -2.36. The first-order valence-electron chi connectivity index (χ1n) is 7.36. The summed E-state index contributed by atoms with van der Waals surface area (Å²) in [6, 6.07) is 0.663. The van der Waals surface area contributed by atoms with E-state index in [0.717, 1.165) is 29.5 Å². The summed E-state index contributed by atoms with van der Waals surface area (Å²) in [5.74, 6) is 0.135. The molecule has 1 N–H and O–H groups in total. The smallest absolute Gasteiger partial charge is 0.228 e. The van der Waals surface area contributed by atoms with Crippen LogP contribution in [0.4, 0.5) is 0 Å². The van der Waals surface area contributed by atoms with Gasteiger partial charge in [-0.1, -0.05) is 0 Å². The molecular formula is C15H19N5OS. The summed E-state index contributed by atoms with van der Waals surface area (Å²) in [5.41, 5.74) is 1.55. The third-order valence-electron chi connectivity index (χ3n) is 3.58. The summed E-state index contributed by atoms with van der Waals surface area (Å²) in [6.07, 6.45) is 5.31. The van der Waals surface area contributed by atoms with Gasteiger partial charge in [0.2, 0.25) is 5.91 Å². The second-order valence-corrected chi connectivity index (χ2v) is 6.54. The van der Waals surface area contributed by atoms with Crippen LogP contribution in [0.3, 0.4) is 0 Å². The van der Waals surface area contributed by atoms with E-state index < -0.39 is 0 Å². The molecule has 0 saturated carbocycles. The summed E-state index contributed by atoms with van der Waals surface area (Å²) in [5, 5.41) is 6.16. The average molecular weight is 317 g/mol. The maximum Gasteiger partial charge on any atom is 0.228 e. The van der Waals surface area contributed by atoms with Crippen LogP contribution in [0.15, 0.2) is 24.0 Å². The first-order chi connectivity index (χ1) is 10.6. The van der Waals surface area contributed by atoms with E-state index in [1.807, 2.05) is 10.3 Å². The Kier molecular flexibility index (Phi) is 4.44. The third-order valence-corrected chi connectivity index (χ3v) is 4.49. The number of carbonyl (C=O) groups excluding carboxylic acids is 1. The van der Waals surface area contributed by atoms with Gasteiger partial charge in [-0.15, -0.1) is 11.3 Å². The van der Waals surface area contributed by atoms with E-state index in [2.05, 4.69) is 34.1 Å². The van der Waals surface area contributed by atoms with E-state index in [1.54, 1.807) is 18.6 Å². The highest BCUT2D eigenvalue weighted by Crippen LogP contribution is 2.21. The fraction of sp³-hybridized carbons (Fsp3) is 0.467. The predicted octanol–water partition coefficient (Wildman–Crippen LogP) is 1.35. The van der Waals surface area contributed by atoms with Crippen LogP contribution in [0.5, 0.6) is 0 Å². The van der Waals surface area contributed by atoms with Crippen LogP contribution in [-0.4, -0.2) is 50.9 Å². The van der Waals surface area contributed by atoms with Crippen LogP contribution in [0.1, 0.15) is 19.5 Å². The van der Waals surface area contributed by atoms with Crippen molar-refractivity contribution in [3.63, 3.8) is 0 Å². The van der Waals surface area contributed by atoms with Gasteiger partial charge in [0, 0.05) is 42.9 Å². The van der Waals surface area contributed by atoms with Crippen molar-refractivity contribution in [1.82, 2.24) is 25.2 Å². The van der Waals surface area contributed by atoms with Gasteiger partial charge in [-0.25, -0.2) is 4.98 Å². The minimum absolute atomic E-state index is 0.135. The molecule has 1 aliphatic rings. The van der Waals surface area contributed by atoms with E-state index in [9.17, 15) is 4.79 Å². The molecule has 3 heterocycles. The highest BCUT2D eigenvalue weighted by Gasteiger charge is 2.25. The molecule has 1 amide bonds. The predicted molar refractivity (Wildman–Crippen MR) is 85.5 cm³/mol. The molecule has 1 saturated heterocycles. The molecule has 2 aromatic heterocycles. The summed E-state index contributed by atoms with van der Waals surface area (Å²) in [6.45, 7) is 5.71. The maximum absolute atomic E-state index is 12.4. The summed E-state index contributed by atoms with van der Waals surface area (Å²) in [4.78, 5) is 27.1. The minimum Gasteiger partial charge on any atom is -0.339 e. The SMILES string of the molecule is C[C@H]1CN(C(=O)Cc2csc(-c3cnccn3)n2)C[C@H](C)N1. The van der Waals surface area contributed by atoms with Crippen LogP contribution in [0.2, 0.25) is 0 Å². The zero-order valence-corrected chi connectivity index (χ0v) is 13.5. The van der Waals surface area contributed by atoms with Gasteiger partial charge in [0.25, 0.3) is 0 Å².